The van der Waals surface area contributed by atoms with Crippen molar-refractivity contribution in [3.05, 3.63) is 46.4 Å². The quantitative estimate of drug-likeness (QED) is 0.853. The standard InChI is InChI=1S/C12H14N2S/c1-10-8-12(3-6-13-10)14-5-2-11-4-7-15-9-11/h3-4,6-9H,2,5H2,1H3,(H,13,14). The van der Waals surface area contributed by atoms with Crippen LogP contribution in [0.4, 0.5) is 5.69 Å². The van der Waals surface area contributed by atoms with E-state index in [1.165, 1.54) is 5.56 Å². The smallest absolute Gasteiger partial charge is 0.0393 e. The van der Waals surface area contributed by atoms with Gasteiger partial charge in [-0.15, -0.1) is 0 Å². The molecule has 0 aliphatic carbocycles. The largest absolute Gasteiger partial charge is 0.385 e. The van der Waals surface area contributed by atoms with Gasteiger partial charge in [0.25, 0.3) is 0 Å². The van der Waals surface area contributed by atoms with Crippen molar-refractivity contribution in [1.82, 2.24) is 4.98 Å². The Bertz CT molecular complexity index is 409. The van der Waals surface area contributed by atoms with Gasteiger partial charge in [-0.3, -0.25) is 4.98 Å². The van der Waals surface area contributed by atoms with Gasteiger partial charge >= 0.3 is 0 Å². The van der Waals surface area contributed by atoms with Crippen LogP contribution in [0, 0.1) is 6.92 Å². The monoisotopic (exact) mass is 218 g/mol. The Labute approximate surface area is 94.0 Å². The molecular weight excluding hydrogens is 204 g/mol. The Morgan fingerprint density at radius 1 is 1.40 bits per heavy atom. The van der Waals surface area contributed by atoms with Gasteiger partial charge in [-0.1, -0.05) is 0 Å². The molecule has 2 nitrogen and oxygen atoms in total. The minimum absolute atomic E-state index is 0.972. The first-order valence-corrected chi connectivity index (χ1v) is 5.96. The average Bonchev–Trinajstić information content (AvgIpc) is 2.71. The van der Waals surface area contributed by atoms with Crippen molar-refractivity contribution in [2.24, 2.45) is 0 Å². The summed E-state index contributed by atoms with van der Waals surface area (Å²) in [6, 6.07) is 6.23. The lowest BCUT2D eigenvalue weighted by Gasteiger charge is -2.05. The molecule has 2 aromatic rings. The van der Waals surface area contributed by atoms with E-state index < -0.39 is 0 Å². The molecule has 0 amide bonds. The molecule has 2 aromatic heterocycles. The van der Waals surface area contributed by atoms with Gasteiger partial charge in [-0.2, -0.15) is 11.3 Å². The highest BCUT2D eigenvalue weighted by Crippen LogP contribution is 2.09. The van der Waals surface area contributed by atoms with Crippen LogP contribution >= 0.6 is 11.3 Å². The zero-order chi connectivity index (χ0) is 10.5. The van der Waals surface area contributed by atoms with Crippen molar-refractivity contribution in [1.29, 1.82) is 0 Å². The normalized spacial score (nSPS) is 10.2. The van der Waals surface area contributed by atoms with Gasteiger partial charge in [0.1, 0.15) is 0 Å². The van der Waals surface area contributed by atoms with E-state index in [2.05, 4.69) is 33.2 Å². The fourth-order valence-electron chi connectivity index (χ4n) is 1.44. The summed E-state index contributed by atoms with van der Waals surface area (Å²) in [7, 11) is 0. The molecule has 0 aromatic carbocycles. The number of nitrogens with zero attached hydrogens (tertiary/aromatic N) is 1. The summed E-state index contributed by atoms with van der Waals surface area (Å²) in [6.07, 6.45) is 2.91. The Morgan fingerprint density at radius 3 is 3.07 bits per heavy atom. The Kier molecular flexibility index (Phi) is 3.35. The highest BCUT2D eigenvalue weighted by atomic mass is 32.1. The van der Waals surface area contributed by atoms with E-state index in [1.807, 2.05) is 19.2 Å². The Balaban J connectivity index is 1.83. The number of hydrogen-bond donors (Lipinski definition) is 1. The van der Waals surface area contributed by atoms with Gasteiger partial charge in [0.15, 0.2) is 0 Å². The van der Waals surface area contributed by atoms with E-state index in [4.69, 9.17) is 0 Å². The minimum Gasteiger partial charge on any atom is -0.385 e. The molecule has 0 bridgehead atoms. The summed E-state index contributed by atoms with van der Waals surface area (Å²) in [5, 5.41) is 7.70. The van der Waals surface area contributed by atoms with E-state index in [0.29, 0.717) is 0 Å². The molecule has 0 saturated carbocycles. The number of rotatable bonds is 4. The predicted molar refractivity (Wildman–Crippen MR) is 65.5 cm³/mol. The van der Waals surface area contributed by atoms with E-state index in [9.17, 15) is 0 Å². The fourth-order valence-corrected chi connectivity index (χ4v) is 2.14. The number of anilines is 1. The van der Waals surface area contributed by atoms with Crippen LogP contribution in [-0.2, 0) is 6.42 Å². The van der Waals surface area contributed by atoms with Crippen LogP contribution in [0.1, 0.15) is 11.3 Å². The lowest BCUT2D eigenvalue weighted by atomic mass is 10.2. The van der Waals surface area contributed by atoms with Gasteiger partial charge in [0.2, 0.25) is 0 Å². The zero-order valence-electron chi connectivity index (χ0n) is 8.73. The SMILES string of the molecule is Cc1cc(NCCc2ccsc2)ccn1. The molecule has 0 fully saturated rings. The lowest BCUT2D eigenvalue weighted by molar-refractivity contribution is 1.02. The molecule has 15 heavy (non-hydrogen) atoms. The summed E-state index contributed by atoms with van der Waals surface area (Å²) in [5.41, 5.74) is 3.60. The summed E-state index contributed by atoms with van der Waals surface area (Å²) in [6.45, 7) is 2.98. The lowest BCUT2D eigenvalue weighted by Crippen LogP contribution is -2.04. The van der Waals surface area contributed by atoms with Crippen LogP contribution in [0.2, 0.25) is 0 Å². The maximum Gasteiger partial charge on any atom is 0.0393 e. The van der Waals surface area contributed by atoms with Crippen molar-refractivity contribution in [3.8, 4) is 0 Å². The number of aromatic nitrogens is 1. The third kappa shape index (κ3) is 3.06. The third-order valence-electron chi connectivity index (χ3n) is 2.22. The summed E-state index contributed by atoms with van der Waals surface area (Å²) in [4.78, 5) is 4.16. The van der Waals surface area contributed by atoms with E-state index in [0.717, 1.165) is 24.3 Å². The van der Waals surface area contributed by atoms with Crippen molar-refractivity contribution >= 4 is 17.0 Å². The van der Waals surface area contributed by atoms with Crippen molar-refractivity contribution < 1.29 is 0 Å². The van der Waals surface area contributed by atoms with Gasteiger partial charge < -0.3 is 5.32 Å². The van der Waals surface area contributed by atoms with Crippen LogP contribution in [0.25, 0.3) is 0 Å². The van der Waals surface area contributed by atoms with E-state index >= 15 is 0 Å². The van der Waals surface area contributed by atoms with Crippen LogP contribution in [0.5, 0.6) is 0 Å². The first kappa shape index (κ1) is 10.2. The third-order valence-corrected chi connectivity index (χ3v) is 2.95. The molecule has 0 atom stereocenters. The summed E-state index contributed by atoms with van der Waals surface area (Å²) in [5.74, 6) is 0. The molecule has 78 valence electrons. The number of nitrogens with one attached hydrogen (secondary N) is 1. The maximum atomic E-state index is 4.16. The summed E-state index contributed by atoms with van der Waals surface area (Å²) < 4.78 is 0. The van der Waals surface area contributed by atoms with Gasteiger partial charge in [0.05, 0.1) is 0 Å². The van der Waals surface area contributed by atoms with Crippen LogP contribution in [0.15, 0.2) is 35.2 Å². The first-order chi connectivity index (χ1) is 7.34. The Morgan fingerprint density at radius 2 is 2.33 bits per heavy atom. The van der Waals surface area contributed by atoms with Crippen LogP contribution < -0.4 is 5.32 Å². The maximum absolute atomic E-state index is 4.16. The van der Waals surface area contributed by atoms with Crippen molar-refractivity contribution in [2.75, 3.05) is 11.9 Å². The highest BCUT2D eigenvalue weighted by Gasteiger charge is 1.94. The molecular formula is C12H14N2S. The topological polar surface area (TPSA) is 24.9 Å². The molecule has 0 aliphatic rings. The van der Waals surface area contributed by atoms with Crippen molar-refractivity contribution in [2.45, 2.75) is 13.3 Å². The van der Waals surface area contributed by atoms with Crippen LogP contribution in [-0.4, -0.2) is 11.5 Å². The second-order valence-electron chi connectivity index (χ2n) is 3.49. The molecule has 0 aliphatic heterocycles. The first-order valence-electron chi connectivity index (χ1n) is 5.02. The number of hydrogen-bond acceptors (Lipinski definition) is 3. The molecule has 0 spiro atoms. The molecule has 0 saturated heterocycles. The highest BCUT2D eigenvalue weighted by molar-refractivity contribution is 7.07. The molecule has 1 N–H and O–H groups in total. The van der Waals surface area contributed by atoms with Gasteiger partial charge in [0, 0.05) is 24.1 Å². The molecule has 0 unspecified atom stereocenters. The van der Waals surface area contributed by atoms with Gasteiger partial charge in [-0.05, 0) is 47.9 Å². The fraction of sp³-hybridized carbons (Fsp3) is 0.250. The molecule has 3 heteroatoms. The molecule has 2 heterocycles. The summed E-state index contributed by atoms with van der Waals surface area (Å²) >= 11 is 1.75. The Hall–Kier alpha value is -1.35. The van der Waals surface area contributed by atoms with E-state index in [-0.39, 0.29) is 0 Å². The molecule has 0 radical (unpaired) electrons. The van der Waals surface area contributed by atoms with Crippen LogP contribution in [0.3, 0.4) is 0 Å². The number of pyridine rings is 1. The van der Waals surface area contributed by atoms with Crippen molar-refractivity contribution in [3.63, 3.8) is 0 Å². The second-order valence-corrected chi connectivity index (χ2v) is 4.27. The number of aryl methyl sites for hydroxylation is 1. The minimum atomic E-state index is 0.972. The molecule has 2 rings (SSSR count). The second kappa shape index (κ2) is 4.94. The van der Waals surface area contributed by atoms with Gasteiger partial charge in [-0.25, -0.2) is 0 Å². The average molecular weight is 218 g/mol. The number of thiophene rings is 1. The predicted octanol–water partition coefficient (Wildman–Crippen LogP) is 3.11. The van der Waals surface area contributed by atoms with E-state index in [1.54, 1.807) is 11.3 Å². The zero-order valence-corrected chi connectivity index (χ0v) is 9.55.